The van der Waals surface area contributed by atoms with Crippen molar-refractivity contribution in [1.82, 2.24) is 14.9 Å². The van der Waals surface area contributed by atoms with Gasteiger partial charge in [0.05, 0.1) is 6.21 Å². The van der Waals surface area contributed by atoms with Crippen LogP contribution in [0.1, 0.15) is 25.0 Å². The highest BCUT2D eigenvalue weighted by Gasteiger charge is 2.13. The van der Waals surface area contributed by atoms with Crippen LogP contribution in [-0.2, 0) is 0 Å². The largest absolute Gasteiger partial charge is 0.440 e. The zero-order valence-electron chi connectivity index (χ0n) is 10.1. The van der Waals surface area contributed by atoms with Crippen molar-refractivity contribution in [3.8, 4) is 0 Å². The van der Waals surface area contributed by atoms with Crippen LogP contribution in [0.5, 0.6) is 0 Å². The molecule has 0 amide bonds. The molecule has 0 atom stereocenters. The second kappa shape index (κ2) is 5.03. The Morgan fingerprint density at radius 2 is 1.89 bits per heavy atom. The maximum absolute atomic E-state index is 5.74. The number of piperidine rings is 1. The summed E-state index contributed by atoms with van der Waals surface area (Å²) in [6, 6.07) is 3.93. The van der Waals surface area contributed by atoms with Crippen molar-refractivity contribution < 1.29 is 4.42 Å². The van der Waals surface area contributed by atoms with E-state index < -0.39 is 0 Å². The molecule has 1 aliphatic rings. The van der Waals surface area contributed by atoms with Gasteiger partial charge in [-0.2, -0.15) is 5.10 Å². The summed E-state index contributed by atoms with van der Waals surface area (Å²) in [5.74, 6) is 1.67. The quantitative estimate of drug-likeness (QED) is 0.773. The molecule has 1 saturated heterocycles. The van der Waals surface area contributed by atoms with Gasteiger partial charge in [0.1, 0.15) is 18.4 Å². The molecule has 0 aromatic carbocycles. The molecule has 6 nitrogen and oxygen atoms in total. The predicted molar refractivity (Wildman–Crippen MR) is 67.8 cm³/mol. The number of anilines is 1. The van der Waals surface area contributed by atoms with Gasteiger partial charge in [-0.05, 0) is 25.3 Å². The van der Waals surface area contributed by atoms with Crippen molar-refractivity contribution in [2.75, 3.05) is 18.0 Å². The molecule has 0 N–H and O–H groups in total. The molecule has 3 rings (SSSR count). The van der Waals surface area contributed by atoms with Crippen LogP contribution in [-0.4, -0.2) is 34.2 Å². The maximum atomic E-state index is 5.74. The maximum Gasteiger partial charge on any atom is 0.196 e. The first-order valence-electron chi connectivity index (χ1n) is 6.15. The lowest BCUT2D eigenvalue weighted by Crippen LogP contribution is -2.28. The molecule has 18 heavy (non-hydrogen) atoms. The Hall–Kier alpha value is -2.11. The number of aromatic nitrogens is 3. The molecule has 0 spiro atoms. The Bertz CT molecular complexity index is 510. The lowest BCUT2D eigenvalue weighted by molar-refractivity contribution is 0.497. The molecule has 3 heterocycles. The van der Waals surface area contributed by atoms with Crippen LogP contribution >= 0.6 is 0 Å². The van der Waals surface area contributed by atoms with Gasteiger partial charge in [0.25, 0.3) is 0 Å². The summed E-state index contributed by atoms with van der Waals surface area (Å²) in [4.78, 5) is 2.28. The molecule has 1 fully saturated rings. The van der Waals surface area contributed by atoms with Crippen LogP contribution in [0, 0.1) is 0 Å². The second-order valence-electron chi connectivity index (χ2n) is 4.31. The fourth-order valence-electron chi connectivity index (χ4n) is 2.07. The van der Waals surface area contributed by atoms with Crippen LogP contribution in [0.3, 0.4) is 0 Å². The number of hydrogen-bond donors (Lipinski definition) is 0. The first kappa shape index (κ1) is 11.0. The summed E-state index contributed by atoms with van der Waals surface area (Å²) < 4.78 is 7.27. The molecule has 94 valence electrons. The molecule has 2 aromatic heterocycles. The van der Waals surface area contributed by atoms with Crippen LogP contribution in [0.25, 0.3) is 0 Å². The van der Waals surface area contributed by atoms with Crippen molar-refractivity contribution >= 4 is 12.1 Å². The highest BCUT2D eigenvalue weighted by atomic mass is 16.4. The number of rotatable bonds is 3. The van der Waals surface area contributed by atoms with E-state index in [2.05, 4.69) is 20.2 Å². The van der Waals surface area contributed by atoms with Gasteiger partial charge in [-0.25, -0.2) is 4.68 Å². The van der Waals surface area contributed by atoms with Gasteiger partial charge in [-0.1, -0.05) is 0 Å². The van der Waals surface area contributed by atoms with Crippen molar-refractivity contribution in [2.45, 2.75) is 19.3 Å². The minimum Gasteiger partial charge on any atom is -0.440 e. The van der Waals surface area contributed by atoms with Gasteiger partial charge >= 0.3 is 0 Å². The summed E-state index contributed by atoms with van der Waals surface area (Å²) in [6.07, 6.45) is 8.53. The van der Waals surface area contributed by atoms with Gasteiger partial charge in [0, 0.05) is 19.2 Å². The zero-order chi connectivity index (χ0) is 12.2. The third kappa shape index (κ3) is 2.42. The first-order valence-corrected chi connectivity index (χ1v) is 6.15. The first-order chi connectivity index (χ1) is 8.92. The molecule has 6 heteroatoms. The molecular formula is C12H15N5O. The van der Waals surface area contributed by atoms with Crippen molar-refractivity contribution in [3.63, 3.8) is 0 Å². The normalized spacial score (nSPS) is 16.6. The Balaban J connectivity index is 1.69. The molecule has 0 saturated carbocycles. The highest BCUT2D eigenvalue weighted by Crippen LogP contribution is 2.21. The summed E-state index contributed by atoms with van der Waals surface area (Å²) in [6.45, 7) is 2.16. The van der Waals surface area contributed by atoms with E-state index in [0.29, 0.717) is 0 Å². The Kier molecular flexibility index (Phi) is 3.08. The third-order valence-electron chi connectivity index (χ3n) is 3.01. The third-order valence-corrected chi connectivity index (χ3v) is 3.01. The Labute approximate surface area is 105 Å². The molecule has 0 radical (unpaired) electrons. The molecule has 0 unspecified atom stereocenters. The molecule has 0 bridgehead atoms. The van der Waals surface area contributed by atoms with Gasteiger partial charge in [-0.15, -0.1) is 10.2 Å². The molecule has 0 aliphatic carbocycles. The molecule has 2 aromatic rings. The van der Waals surface area contributed by atoms with E-state index in [0.717, 1.165) is 24.7 Å². The Morgan fingerprint density at radius 3 is 2.67 bits per heavy atom. The second-order valence-corrected chi connectivity index (χ2v) is 4.31. The van der Waals surface area contributed by atoms with E-state index >= 15 is 0 Å². The van der Waals surface area contributed by atoms with Crippen LogP contribution in [0.15, 0.2) is 34.3 Å². The molecular weight excluding hydrogens is 230 g/mol. The monoisotopic (exact) mass is 245 g/mol. The standard InChI is InChI=1S/C12H15N5O/c1-2-6-16(7-3-1)12-5-4-11(18-12)8-15-17-9-13-14-10-17/h4-5,8-10H,1-3,6-7H2/b15-8-. The summed E-state index contributed by atoms with van der Waals surface area (Å²) in [5.41, 5.74) is 0. The number of hydrogen-bond acceptors (Lipinski definition) is 5. The van der Waals surface area contributed by atoms with E-state index in [9.17, 15) is 0 Å². The smallest absolute Gasteiger partial charge is 0.196 e. The summed E-state index contributed by atoms with van der Waals surface area (Å²) in [7, 11) is 0. The minimum atomic E-state index is 0.740. The van der Waals surface area contributed by atoms with Gasteiger partial charge in [-0.3, -0.25) is 0 Å². The SMILES string of the molecule is C(=N/n1cnnc1)/c1ccc(N2CCCCC2)o1. The fraction of sp³-hybridized carbons (Fsp3) is 0.417. The van der Waals surface area contributed by atoms with Gasteiger partial charge < -0.3 is 9.32 Å². The van der Waals surface area contributed by atoms with Crippen molar-refractivity contribution in [3.05, 3.63) is 30.5 Å². The van der Waals surface area contributed by atoms with E-state index in [4.69, 9.17) is 4.42 Å². The molecule has 1 aliphatic heterocycles. The van der Waals surface area contributed by atoms with Crippen molar-refractivity contribution in [1.29, 1.82) is 0 Å². The van der Waals surface area contributed by atoms with E-state index in [1.165, 1.54) is 36.6 Å². The van der Waals surface area contributed by atoms with Gasteiger partial charge in [0.2, 0.25) is 0 Å². The summed E-state index contributed by atoms with van der Waals surface area (Å²) in [5, 5.41) is 11.5. The lowest BCUT2D eigenvalue weighted by Gasteiger charge is -2.25. The van der Waals surface area contributed by atoms with E-state index in [-0.39, 0.29) is 0 Å². The summed E-state index contributed by atoms with van der Waals surface area (Å²) >= 11 is 0. The van der Waals surface area contributed by atoms with Crippen LogP contribution in [0.4, 0.5) is 5.88 Å². The predicted octanol–water partition coefficient (Wildman–Crippen LogP) is 1.74. The number of furan rings is 1. The topological polar surface area (TPSA) is 59.5 Å². The van der Waals surface area contributed by atoms with Crippen LogP contribution in [0.2, 0.25) is 0 Å². The van der Waals surface area contributed by atoms with Crippen LogP contribution < -0.4 is 4.90 Å². The van der Waals surface area contributed by atoms with Crippen molar-refractivity contribution in [2.24, 2.45) is 5.10 Å². The van der Waals surface area contributed by atoms with E-state index in [1.54, 1.807) is 6.21 Å². The Morgan fingerprint density at radius 1 is 1.11 bits per heavy atom. The zero-order valence-corrected chi connectivity index (χ0v) is 10.1. The van der Waals surface area contributed by atoms with Gasteiger partial charge in [0.15, 0.2) is 5.88 Å². The number of nitrogens with zero attached hydrogens (tertiary/aromatic N) is 5. The fourth-order valence-corrected chi connectivity index (χ4v) is 2.07. The van der Waals surface area contributed by atoms with E-state index in [1.807, 2.05) is 12.1 Å². The minimum absolute atomic E-state index is 0.740. The average Bonchev–Trinajstić information content (AvgIpc) is 3.09. The lowest BCUT2D eigenvalue weighted by atomic mass is 10.1. The highest BCUT2D eigenvalue weighted by molar-refractivity contribution is 5.76. The average molecular weight is 245 g/mol.